The molecule has 0 bridgehead atoms. The summed E-state index contributed by atoms with van der Waals surface area (Å²) in [6, 6.07) is 7.42. The van der Waals surface area contributed by atoms with E-state index in [0.717, 1.165) is 26.7 Å². The van der Waals surface area contributed by atoms with Gasteiger partial charge in [-0.3, -0.25) is 4.57 Å². The summed E-state index contributed by atoms with van der Waals surface area (Å²) in [7, 11) is 0. The van der Waals surface area contributed by atoms with Crippen molar-refractivity contribution in [3.8, 4) is 17.7 Å². The van der Waals surface area contributed by atoms with Crippen LogP contribution in [0.5, 0.6) is 5.88 Å². The first kappa shape index (κ1) is 20.8. The lowest BCUT2D eigenvalue weighted by molar-refractivity contribution is 0.310. The van der Waals surface area contributed by atoms with Gasteiger partial charge < -0.3 is 15.8 Å². The summed E-state index contributed by atoms with van der Waals surface area (Å²) < 4.78 is 33.4. The van der Waals surface area contributed by atoms with Gasteiger partial charge in [0.15, 0.2) is 0 Å². The van der Waals surface area contributed by atoms with E-state index in [1.165, 1.54) is 22.2 Å². The lowest BCUT2D eigenvalue weighted by atomic mass is 10.3. The van der Waals surface area contributed by atoms with Crippen LogP contribution in [0.15, 0.2) is 47.0 Å². The number of hydrogen-bond donors (Lipinski definition) is 2. The summed E-state index contributed by atoms with van der Waals surface area (Å²) in [6.07, 6.45) is -0.565. The van der Waals surface area contributed by atoms with E-state index >= 15 is 0 Å². The zero-order valence-corrected chi connectivity index (χ0v) is 17.1. The molecule has 160 valence electrons. The van der Waals surface area contributed by atoms with Gasteiger partial charge in [-0.05, 0) is 36.1 Å². The van der Waals surface area contributed by atoms with Crippen molar-refractivity contribution in [1.29, 1.82) is 0 Å². The highest BCUT2D eigenvalue weighted by molar-refractivity contribution is 7.12. The highest BCUT2D eigenvalue weighted by Gasteiger charge is 2.12. The van der Waals surface area contributed by atoms with Crippen molar-refractivity contribution in [2.45, 2.75) is 13.1 Å². The van der Waals surface area contributed by atoms with Crippen LogP contribution in [0.1, 0.15) is 15.4 Å². The number of rotatable bonds is 5. The molecular weight excluding hydrogens is 426 g/mol. The van der Waals surface area contributed by atoms with Crippen molar-refractivity contribution in [2.75, 3.05) is 25.0 Å². The second-order valence-electron chi connectivity index (χ2n) is 6.61. The zero-order valence-electron chi connectivity index (χ0n) is 16.3. The van der Waals surface area contributed by atoms with Crippen LogP contribution in [0, 0.1) is 11.8 Å². The van der Waals surface area contributed by atoms with E-state index in [1.807, 2.05) is 24.3 Å². The van der Waals surface area contributed by atoms with Crippen molar-refractivity contribution in [2.24, 2.45) is 5.73 Å². The van der Waals surface area contributed by atoms with Gasteiger partial charge >= 0.3 is 5.69 Å². The topological polar surface area (TPSA) is 100.0 Å². The predicted octanol–water partition coefficient (Wildman–Crippen LogP) is 1.86. The molecule has 4 rings (SSSR count). The number of anilines is 1. The van der Waals surface area contributed by atoms with Gasteiger partial charge in [0.25, 0.3) is 6.08 Å². The van der Waals surface area contributed by atoms with Crippen molar-refractivity contribution < 1.29 is 13.5 Å². The molecular formula is C20H18F2N6O2S. The molecule has 0 aliphatic carbocycles. The fourth-order valence-corrected chi connectivity index (χ4v) is 3.74. The van der Waals surface area contributed by atoms with Gasteiger partial charge in [0, 0.05) is 23.5 Å². The van der Waals surface area contributed by atoms with Gasteiger partial charge in [-0.15, -0.1) is 11.3 Å². The number of nitrogens with zero attached hydrogens (tertiary/aromatic N) is 4. The van der Waals surface area contributed by atoms with Crippen LogP contribution in [0.2, 0.25) is 0 Å². The molecule has 1 aliphatic rings. The van der Waals surface area contributed by atoms with Crippen LogP contribution in [0.3, 0.4) is 0 Å². The molecule has 0 fully saturated rings. The molecule has 4 heterocycles. The Balaban J connectivity index is 1.46. The lowest BCUT2D eigenvalue weighted by Gasteiger charge is -2.17. The summed E-state index contributed by atoms with van der Waals surface area (Å²) in [5, 5.41) is 7.10. The summed E-state index contributed by atoms with van der Waals surface area (Å²) in [5.74, 6) is 6.61. The number of ether oxygens (including phenoxy) is 1. The Kier molecular flexibility index (Phi) is 6.11. The average Bonchev–Trinajstić information content (AvgIpc) is 3.37. The Bertz CT molecular complexity index is 1250. The average molecular weight is 444 g/mol. The molecule has 0 aromatic carbocycles. The van der Waals surface area contributed by atoms with Crippen LogP contribution in [0.4, 0.5) is 14.5 Å². The summed E-state index contributed by atoms with van der Waals surface area (Å²) in [6.45, 7) is 0.904. The number of fused-ring (bicyclic) bond motifs is 1. The van der Waals surface area contributed by atoms with Gasteiger partial charge in [0.05, 0.1) is 23.7 Å². The Labute approximate surface area is 180 Å². The van der Waals surface area contributed by atoms with Gasteiger partial charge in [0.2, 0.25) is 5.88 Å². The van der Waals surface area contributed by atoms with Crippen LogP contribution >= 0.6 is 11.3 Å². The molecule has 3 aromatic heterocycles. The molecule has 0 radical (unpaired) electrons. The summed E-state index contributed by atoms with van der Waals surface area (Å²) in [5.41, 5.74) is 5.94. The number of hydrogen-bond acceptors (Lipinski definition) is 7. The third-order valence-corrected chi connectivity index (χ3v) is 5.45. The highest BCUT2D eigenvalue weighted by atomic mass is 32.1. The maximum atomic E-state index is 12.8. The molecule has 3 N–H and O–H groups in total. The number of aromatic nitrogens is 4. The molecule has 0 saturated carbocycles. The first-order valence-corrected chi connectivity index (χ1v) is 10.2. The van der Waals surface area contributed by atoms with Crippen molar-refractivity contribution in [3.63, 3.8) is 0 Å². The Hall–Kier alpha value is -3.49. The molecule has 0 amide bonds. The van der Waals surface area contributed by atoms with E-state index in [0.29, 0.717) is 18.2 Å². The molecule has 0 spiro atoms. The number of halogens is 2. The maximum absolute atomic E-state index is 12.8. The fourth-order valence-electron chi connectivity index (χ4n) is 2.88. The molecule has 0 saturated heterocycles. The third kappa shape index (κ3) is 4.82. The van der Waals surface area contributed by atoms with Crippen LogP contribution in [-0.4, -0.2) is 39.0 Å². The smallest absolute Gasteiger partial charge is 0.346 e. The molecule has 8 nitrogen and oxygen atoms in total. The number of thiophene rings is 1. The van der Waals surface area contributed by atoms with E-state index in [2.05, 4.69) is 27.2 Å². The van der Waals surface area contributed by atoms with E-state index in [-0.39, 0.29) is 25.2 Å². The monoisotopic (exact) mass is 444 g/mol. The van der Waals surface area contributed by atoms with E-state index in [4.69, 9.17) is 10.5 Å². The fraction of sp³-hybridized carbons (Fsp3) is 0.250. The maximum Gasteiger partial charge on any atom is 0.346 e. The van der Waals surface area contributed by atoms with Gasteiger partial charge in [-0.2, -0.15) is 13.9 Å². The normalized spacial score (nSPS) is 12.2. The predicted molar refractivity (Wildman–Crippen MR) is 112 cm³/mol. The van der Waals surface area contributed by atoms with Crippen LogP contribution in [0.25, 0.3) is 0 Å². The van der Waals surface area contributed by atoms with E-state index in [1.54, 1.807) is 0 Å². The van der Waals surface area contributed by atoms with E-state index in [9.17, 15) is 13.6 Å². The Morgan fingerprint density at radius 3 is 2.97 bits per heavy atom. The van der Waals surface area contributed by atoms with Crippen molar-refractivity contribution in [3.05, 3.63) is 68.2 Å². The number of nitrogens with two attached hydrogens (primary N) is 1. The van der Waals surface area contributed by atoms with Gasteiger partial charge in [-0.25, -0.2) is 14.5 Å². The van der Waals surface area contributed by atoms with Gasteiger partial charge in [0.1, 0.15) is 18.6 Å². The van der Waals surface area contributed by atoms with Crippen molar-refractivity contribution >= 4 is 17.0 Å². The van der Waals surface area contributed by atoms with Crippen LogP contribution < -0.4 is 21.5 Å². The summed E-state index contributed by atoms with van der Waals surface area (Å²) in [4.78, 5) is 18.5. The molecule has 11 heteroatoms. The minimum absolute atomic E-state index is 0.265. The Morgan fingerprint density at radius 2 is 2.16 bits per heavy atom. The lowest BCUT2D eigenvalue weighted by Crippen LogP contribution is -2.27. The highest BCUT2D eigenvalue weighted by Crippen LogP contribution is 2.24. The molecule has 0 unspecified atom stereocenters. The second-order valence-corrected chi connectivity index (χ2v) is 7.78. The summed E-state index contributed by atoms with van der Waals surface area (Å²) >= 11 is 1.43. The molecule has 1 aliphatic heterocycles. The minimum atomic E-state index is -1.89. The largest absolute Gasteiger partial charge is 0.474 e. The number of nitrogens with one attached hydrogen (secondary N) is 1. The third-order valence-electron chi connectivity index (χ3n) is 4.47. The van der Waals surface area contributed by atoms with Gasteiger partial charge in [-0.1, -0.05) is 0 Å². The SMILES string of the molecule is NCC(Cn1ncn(Cc2ccc(C#Cc3ccc4c(n3)OCCN4)s2)c1=O)=C(F)F. The Morgan fingerprint density at radius 1 is 1.29 bits per heavy atom. The second kappa shape index (κ2) is 9.11. The molecule has 31 heavy (non-hydrogen) atoms. The minimum Gasteiger partial charge on any atom is -0.474 e. The van der Waals surface area contributed by atoms with Crippen molar-refractivity contribution in [1.82, 2.24) is 19.3 Å². The first-order valence-electron chi connectivity index (χ1n) is 9.37. The molecule has 3 aromatic rings. The quantitative estimate of drug-likeness (QED) is 0.583. The first-order chi connectivity index (χ1) is 15.0. The van der Waals surface area contributed by atoms with Crippen LogP contribution in [-0.2, 0) is 13.1 Å². The molecule has 0 atom stereocenters. The number of pyridine rings is 1. The van der Waals surface area contributed by atoms with E-state index < -0.39 is 11.8 Å². The zero-order chi connectivity index (χ0) is 21.8. The standard InChI is InChI=1S/C20H18F2N6O2S/c21-18(22)13(9-23)10-28-20(29)27(12-25-28)11-16-5-4-15(31-16)3-1-14-2-6-17-19(26-14)30-8-7-24-17/h2,4-6,12,24H,7-11,23H2.